The molecule has 2 aliphatic heterocycles. The van der Waals surface area contributed by atoms with Crippen molar-refractivity contribution >= 4 is 28.1 Å². The Hall–Kier alpha value is -2.62. The zero-order valence-corrected chi connectivity index (χ0v) is 25.0. The Morgan fingerprint density at radius 3 is 2.15 bits per heavy atom. The molecule has 3 heterocycles. The lowest BCUT2D eigenvalue weighted by molar-refractivity contribution is 0.0542. The Morgan fingerprint density at radius 2 is 1.59 bits per heavy atom. The average molecular weight is 554 g/mol. The van der Waals surface area contributed by atoms with Crippen molar-refractivity contribution in [1.82, 2.24) is 24.1 Å². The van der Waals surface area contributed by atoms with E-state index in [-0.39, 0.29) is 17.4 Å². The molecular weight excluding hydrogens is 510 g/mol. The highest BCUT2D eigenvalue weighted by Crippen LogP contribution is 2.26. The van der Waals surface area contributed by atoms with Crippen LogP contribution in [0.1, 0.15) is 79.3 Å². The van der Waals surface area contributed by atoms with E-state index in [1.54, 1.807) is 7.05 Å². The first-order valence-electron chi connectivity index (χ1n) is 13.9. The minimum atomic E-state index is -3.16. The van der Waals surface area contributed by atoms with E-state index < -0.39 is 10.0 Å². The molecule has 0 bridgehead atoms. The second-order valence-corrected chi connectivity index (χ2v) is 14.0. The number of hydrogen-bond donors (Lipinski definition) is 0. The molecule has 0 atom stereocenters. The second kappa shape index (κ2) is 11.9. The van der Waals surface area contributed by atoms with Crippen molar-refractivity contribution in [1.29, 1.82) is 0 Å². The van der Waals surface area contributed by atoms with Crippen LogP contribution in [0.15, 0.2) is 30.6 Å². The lowest BCUT2D eigenvalue weighted by Crippen LogP contribution is -2.52. The molecule has 2 saturated heterocycles. The molecule has 8 nitrogen and oxygen atoms in total. The molecule has 0 unspecified atom stereocenters. The van der Waals surface area contributed by atoms with Crippen LogP contribution in [0, 0.1) is 6.92 Å². The van der Waals surface area contributed by atoms with E-state index in [1.165, 1.54) is 22.5 Å². The summed E-state index contributed by atoms with van der Waals surface area (Å²) in [6, 6.07) is 9.02. The fraction of sp³-hybridized carbons (Fsp3) is 0.567. The monoisotopic (exact) mass is 553 g/mol. The topological polar surface area (TPSA) is 86.7 Å². The first kappa shape index (κ1) is 29.4. The maximum Gasteiger partial charge on any atom is 0.272 e. The third kappa shape index (κ3) is 7.13. The van der Waals surface area contributed by atoms with Crippen LogP contribution in [0.4, 0.5) is 0 Å². The zero-order valence-electron chi connectivity index (χ0n) is 24.2. The average Bonchev–Trinajstić information content (AvgIpc) is 2.91. The number of aromatic nitrogens is 2. The molecule has 0 saturated carbocycles. The van der Waals surface area contributed by atoms with Gasteiger partial charge in [0, 0.05) is 37.8 Å². The summed E-state index contributed by atoms with van der Waals surface area (Å²) in [5.41, 5.74) is 4.51. The zero-order chi connectivity index (χ0) is 28.4. The highest BCUT2D eigenvalue weighted by Gasteiger charge is 2.33. The summed E-state index contributed by atoms with van der Waals surface area (Å²) in [5, 5.41) is 0. The summed E-state index contributed by atoms with van der Waals surface area (Å²) in [6.45, 7) is 11.7. The molecule has 0 spiro atoms. The molecule has 9 heteroatoms. The molecule has 0 aliphatic carbocycles. The number of rotatable bonds is 6. The third-order valence-corrected chi connectivity index (χ3v) is 9.68. The van der Waals surface area contributed by atoms with Gasteiger partial charge in [0.25, 0.3) is 5.91 Å². The van der Waals surface area contributed by atoms with E-state index in [0.717, 1.165) is 55.6 Å². The number of carbonyl (C=O) groups is 1. The number of carbonyl (C=O) groups excluding carboxylic acids is 1. The summed E-state index contributed by atoms with van der Waals surface area (Å²) in [6.07, 6.45) is 10.3. The predicted octanol–water partition coefficient (Wildman–Crippen LogP) is 4.21. The normalized spacial score (nSPS) is 18.8. The maximum absolute atomic E-state index is 13.4. The Labute approximate surface area is 234 Å². The van der Waals surface area contributed by atoms with Crippen LogP contribution in [0.25, 0.3) is 12.2 Å². The quantitative estimate of drug-likeness (QED) is 0.533. The SMILES string of the molecule is Cc1c(/C=C/c2ccc(C(C)(C)C)cc2)ncnc1C(=O)N1CCC(N2CCC(N(C)S(C)(=O)=O)CC2)CC1. The molecule has 212 valence electrons. The standard InChI is InChI=1S/C30H43N5O3S/c1-22-27(12-9-23-7-10-24(11-8-23)30(2,3)4)31-21-32-28(22)29(36)35-19-15-26(16-20-35)34-17-13-25(14-18-34)33(5)39(6,37)38/h7-12,21,25-26H,13-20H2,1-6H3/b12-9+. The maximum atomic E-state index is 13.4. The number of benzene rings is 1. The smallest absolute Gasteiger partial charge is 0.272 e. The Balaban J connectivity index is 1.34. The molecule has 4 rings (SSSR count). The van der Waals surface area contributed by atoms with Gasteiger partial charge >= 0.3 is 0 Å². The van der Waals surface area contributed by atoms with E-state index in [9.17, 15) is 13.2 Å². The molecule has 2 aromatic rings. The van der Waals surface area contributed by atoms with Crippen molar-refractivity contribution < 1.29 is 13.2 Å². The number of likely N-dealkylation sites (tertiary alicyclic amines) is 2. The van der Waals surface area contributed by atoms with Gasteiger partial charge in [0.05, 0.1) is 11.9 Å². The van der Waals surface area contributed by atoms with Crippen molar-refractivity contribution in [2.75, 3.05) is 39.5 Å². The second-order valence-electron chi connectivity index (χ2n) is 12.0. The first-order chi connectivity index (χ1) is 18.3. The lowest BCUT2D eigenvalue weighted by atomic mass is 9.87. The number of hydrogen-bond acceptors (Lipinski definition) is 6. The number of nitrogens with zero attached hydrogens (tertiary/aromatic N) is 5. The Kier molecular flexibility index (Phi) is 8.93. The summed E-state index contributed by atoms with van der Waals surface area (Å²) < 4.78 is 25.3. The van der Waals surface area contributed by atoms with Gasteiger partial charge in [0.15, 0.2) is 0 Å². The Morgan fingerprint density at radius 1 is 0.974 bits per heavy atom. The molecular formula is C30H43N5O3S. The largest absolute Gasteiger partial charge is 0.337 e. The summed E-state index contributed by atoms with van der Waals surface area (Å²) in [5.74, 6) is -0.0361. The fourth-order valence-electron chi connectivity index (χ4n) is 5.59. The van der Waals surface area contributed by atoms with Gasteiger partial charge in [-0.05, 0) is 68.3 Å². The van der Waals surface area contributed by atoms with E-state index in [4.69, 9.17) is 0 Å². The van der Waals surface area contributed by atoms with Gasteiger partial charge in [-0.15, -0.1) is 0 Å². The van der Waals surface area contributed by atoms with Crippen molar-refractivity contribution in [3.63, 3.8) is 0 Å². The molecule has 0 radical (unpaired) electrons. The first-order valence-corrected chi connectivity index (χ1v) is 15.8. The van der Waals surface area contributed by atoms with Crippen molar-refractivity contribution in [3.05, 3.63) is 58.7 Å². The van der Waals surface area contributed by atoms with Gasteiger partial charge in [-0.2, -0.15) is 0 Å². The molecule has 2 fully saturated rings. The number of amides is 1. The van der Waals surface area contributed by atoms with Gasteiger partial charge in [-0.25, -0.2) is 22.7 Å². The van der Waals surface area contributed by atoms with Gasteiger partial charge in [0.1, 0.15) is 12.0 Å². The number of sulfonamides is 1. The molecule has 2 aliphatic rings. The number of piperidine rings is 2. The molecule has 1 aromatic carbocycles. The highest BCUT2D eigenvalue weighted by molar-refractivity contribution is 7.88. The van der Waals surface area contributed by atoms with E-state index in [1.807, 2.05) is 24.0 Å². The van der Waals surface area contributed by atoms with Gasteiger partial charge in [0.2, 0.25) is 10.0 Å². The lowest BCUT2D eigenvalue weighted by Gasteiger charge is -2.43. The molecule has 0 N–H and O–H groups in total. The van der Waals surface area contributed by atoms with Crippen molar-refractivity contribution in [2.24, 2.45) is 0 Å². The van der Waals surface area contributed by atoms with Gasteiger partial charge in [-0.1, -0.05) is 51.1 Å². The van der Waals surface area contributed by atoms with E-state index >= 15 is 0 Å². The van der Waals surface area contributed by atoms with Crippen molar-refractivity contribution in [3.8, 4) is 0 Å². The predicted molar refractivity (Wildman–Crippen MR) is 157 cm³/mol. The van der Waals surface area contributed by atoms with Gasteiger partial charge in [-0.3, -0.25) is 4.79 Å². The fourth-order valence-corrected chi connectivity index (χ4v) is 6.34. The summed E-state index contributed by atoms with van der Waals surface area (Å²) in [7, 11) is -1.48. The minimum Gasteiger partial charge on any atom is -0.337 e. The molecule has 1 amide bonds. The summed E-state index contributed by atoms with van der Waals surface area (Å²) in [4.78, 5) is 26.6. The van der Waals surface area contributed by atoms with Gasteiger partial charge < -0.3 is 9.80 Å². The van der Waals surface area contributed by atoms with Crippen molar-refractivity contribution in [2.45, 2.75) is 70.9 Å². The van der Waals surface area contributed by atoms with Crippen LogP contribution in [0.2, 0.25) is 0 Å². The van der Waals surface area contributed by atoms with Crippen LogP contribution in [-0.4, -0.2) is 90.0 Å². The highest BCUT2D eigenvalue weighted by atomic mass is 32.2. The van der Waals surface area contributed by atoms with Crippen LogP contribution < -0.4 is 0 Å². The third-order valence-electron chi connectivity index (χ3n) is 8.34. The van der Waals surface area contributed by atoms with E-state index in [0.29, 0.717) is 24.8 Å². The van der Waals surface area contributed by atoms with Crippen LogP contribution in [-0.2, 0) is 15.4 Å². The van der Waals surface area contributed by atoms with Crippen LogP contribution in [0.3, 0.4) is 0 Å². The Bertz CT molecular complexity index is 1280. The minimum absolute atomic E-state index is 0.0361. The van der Waals surface area contributed by atoms with E-state index in [2.05, 4.69) is 59.9 Å². The van der Waals surface area contributed by atoms with Crippen LogP contribution >= 0.6 is 0 Å². The molecule has 39 heavy (non-hydrogen) atoms. The van der Waals surface area contributed by atoms with Crippen LogP contribution in [0.5, 0.6) is 0 Å². The summed E-state index contributed by atoms with van der Waals surface area (Å²) >= 11 is 0. The molecule has 1 aromatic heterocycles.